The number of carboxylic acid groups (broad SMARTS) is 1. The van der Waals surface area contributed by atoms with Crippen molar-refractivity contribution < 1.29 is 9.90 Å². The van der Waals surface area contributed by atoms with Crippen LogP contribution in [-0.4, -0.2) is 16.1 Å². The quantitative estimate of drug-likeness (QED) is 0.802. The van der Waals surface area contributed by atoms with E-state index in [1.54, 1.807) is 25.1 Å². The largest absolute Gasteiger partial charge is 0.478 e. The van der Waals surface area contributed by atoms with E-state index in [1.807, 2.05) is 0 Å². The second kappa shape index (κ2) is 5.16. The zero-order valence-electron chi connectivity index (χ0n) is 10.1. The Kier molecular flexibility index (Phi) is 3.57. The molecule has 98 valence electrons. The minimum Gasteiger partial charge on any atom is -0.478 e. The molecule has 0 saturated carbocycles. The van der Waals surface area contributed by atoms with Crippen molar-refractivity contribution in [3.63, 3.8) is 0 Å². The Morgan fingerprint density at radius 1 is 1.37 bits per heavy atom. The Morgan fingerprint density at radius 2 is 2.11 bits per heavy atom. The second-order valence-corrected chi connectivity index (χ2v) is 4.40. The highest BCUT2D eigenvalue weighted by Crippen LogP contribution is 2.23. The third-order valence-electron chi connectivity index (χ3n) is 2.60. The predicted octanol–water partition coefficient (Wildman–Crippen LogP) is 3.07. The smallest absolute Gasteiger partial charge is 0.337 e. The number of pyridine rings is 1. The van der Waals surface area contributed by atoms with Crippen molar-refractivity contribution in [2.75, 3.05) is 11.1 Å². The summed E-state index contributed by atoms with van der Waals surface area (Å²) in [7, 11) is 0. The topological polar surface area (TPSA) is 88.2 Å². The maximum Gasteiger partial charge on any atom is 0.337 e. The van der Waals surface area contributed by atoms with Crippen molar-refractivity contribution in [2.45, 2.75) is 6.92 Å². The summed E-state index contributed by atoms with van der Waals surface area (Å²) in [5, 5.41) is 12.2. The van der Waals surface area contributed by atoms with Crippen LogP contribution < -0.4 is 11.1 Å². The molecule has 6 heteroatoms. The van der Waals surface area contributed by atoms with Crippen LogP contribution in [0.2, 0.25) is 5.02 Å². The lowest BCUT2D eigenvalue weighted by Gasteiger charge is -2.09. The molecule has 0 atom stereocenters. The number of aromatic nitrogens is 1. The summed E-state index contributed by atoms with van der Waals surface area (Å²) in [4.78, 5) is 15.2. The molecular formula is C13H12ClN3O2. The maximum absolute atomic E-state index is 11.0. The molecule has 2 rings (SSSR count). The summed E-state index contributed by atoms with van der Waals surface area (Å²) in [6, 6.07) is 8.12. The van der Waals surface area contributed by atoms with E-state index < -0.39 is 5.97 Å². The first-order valence-electron chi connectivity index (χ1n) is 5.50. The predicted molar refractivity (Wildman–Crippen MR) is 75.1 cm³/mol. The van der Waals surface area contributed by atoms with E-state index in [9.17, 15) is 4.79 Å². The summed E-state index contributed by atoms with van der Waals surface area (Å²) < 4.78 is 0. The molecular weight excluding hydrogens is 266 g/mol. The van der Waals surface area contributed by atoms with Crippen LogP contribution in [0.1, 0.15) is 16.1 Å². The average molecular weight is 278 g/mol. The van der Waals surface area contributed by atoms with Gasteiger partial charge in [0.1, 0.15) is 5.82 Å². The van der Waals surface area contributed by atoms with Crippen LogP contribution in [0.3, 0.4) is 0 Å². The van der Waals surface area contributed by atoms with Gasteiger partial charge in [-0.2, -0.15) is 0 Å². The summed E-state index contributed by atoms with van der Waals surface area (Å²) >= 11 is 5.80. The molecule has 0 fully saturated rings. The monoisotopic (exact) mass is 277 g/mol. The number of anilines is 3. The van der Waals surface area contributed by atoms with Crippen molar-refractivity contribution in [3.05, 3.63) is 46.6 Å². The third kappa shape index (κ3) is 2.95. The highest BCUT2D eigenvalue weighted by Gasteiger charge is 2.09. The van der Waals surface area contributed by atoms with Crippen LogP contribution in [0.15, 0.2) is 30.3 Å². The van der Waals surface area contributed by atoms with E-state index in [-0.39, 0.29) is 10.6 Å². The number of benzene rings is 1. The molecule has 1 aromatic carbocycles. The van der Waals surface area contributed by atoms with Gasteiger partial charge in [-0.3, -0.25) is 0 Å². The number of halogens is 1. The molecule has 0 aliphatic rings. The summed E-state index contributed by atoms with van der Waals surface area (Å²) in [5.74, 6) is -0.486. The first-order valence-corrected chi connectivity index (χ1v) is 5.88. The fourth-order valence-corrected chi connectivity index (χ4v) is 1.75. The molecule has 0 aliphatic heterocycles. The number of hydrogen-bond donors (Lipinski definition) is 3. The number of carbonyl (C=O) groups is 1. The number of aromatic carboxylic acids is 1. The van der Waals surface area contributed by atoms with Gasteiger partial charge < -0.3 is 16.2 Å². The lowest BCUT2D eigenvalue weighted by Crippen LogP contribution is -2.01. The van der Waals surface area contributed by atoms with Crippen LogP contribution in [0.25, 0.3) is 0 Å². The van der Waals surface area contributed by atoms with E-state index >= 15 is 0 Å². The van der Waals surface area contributed by atoms with Crippen LogP contribution in [-0.2, 0) is 0 Å². The molecule has 0 unspecified atom stereocenters. The number of carboxylic acids is 1. The molecule has 4 N–H and O–H groups in total. The van der Waals surface area contributed by atoms with Gasteiger partial charge in [0.2, 0.25) is 0 Å². The van der Waals surface area contributed by atoms with Crippen LogP contribution >= 0.6 is 11.6 Å². The van der Waals surface area contributed by atoms with Crippen molar-refractivity contribution in [3.8, 4) is 0 Å². The van der Waals surface area contributed by atoms with Gasteiger partial charge in [-0.25, -0.2) is 9.78 Å². The molecule has 0 aliphatic carbocycles. The lowest BCUT2D eigenvalue weighted by atomic mass is 10.2. The van der Waals surface area contributed by atoms with Gasteiger partial charge in [0.05, 0.1) is 22.0 Å². The molecule has 0 amide bonds. The van der Waals surface area contributed by atoms with Crippen molar-refractivity contribution in [2.24, 2.45) is 0 Å². The minimum atomic E-state index is -1.07. The summed E-state index contributed by atoms with van der Waals surface area (Å²) in [5.41, 5.74) is 7.63. The Morgan fingerprint density at radius 3 is 2.74 bits per heavy atom. The number of rotatable bonds is 3. The van der Waals surface area contributed by atoms with Crippen LogP contribution in [0.5, 0.6) is 0 Å². The highest BCUT2D eigenvalue weighted by molar-refractivity contribution is 6.33. The van der Waals surface area contributed by atoms with Crippen molar-refractivity contribution in [1.29, 1.82) is 0 Å². The molecule has 0 radical (unpaired) electrons. The number of nitrogens with two attached hydrogens (primary N) is 1. The van der Waals surface area contributed by atoms with Crippen LogP contribution in [0.4, 0.5) is 17.2 Å². The van der Waals surface area contributed by atoms with Gasteiger partial charge in [0, 0.05) is 5.69 Å². The fourth-order valence-electron chi connectivity index (χ4n) is 1.56. The van der Waals surface area contributed by atoms with E-state index in [4.69, 9.17) is 22.4 Å². The van der Waals surface area contributed by atoms with Gasteiger partial charge in [0.15, 0.2) is 0 Å². The molecule has 1 aromatic heterocycles. The molecule has 19 heavy (non-hydrogen) atoms. The Hall–Kier alpha value is -2.27. The summed E-state index contributed by atoms with van der Waals surface area (Å²) in [6.45, 7) is 1.80. The molecule has 0 saturated heterocycles. The Balaban J connectivity index is 2.30. The standard InChI is InChI=1S/C13H12ClN3O2/c1-7-11(15)4-5-12(16-7)17-8-2-3-10(14)9(6-8)13(18)19/h2-6H,15H2,1H3,(H,16,17)(H,18,19). The van der Waals surface area contributed by atoms with E-state index in [0.29, 0.717) is 22.9 Å². The summed E-state index contributed by atoms with van der Waals surface area (Å²) in [6.07, 6.45) is 0. The Labute approximate surface area is 115 Å². The zero-order valence-corrected chi connectivity index (χ0v) is 10.9. The third-order valence-corrected chi connectivity index (χ3v) is 2.93. The van der Waals surface area contributed by atoms with Crippen molar-refractivity contribution in [1.82, 2.24) is 4.98 Å². The van der Waals surface area contributed by atoms with Gasteiger partial charge in [-0.15, -0.1) is 0 Å². The first-order chi connectivity index (χ1) is 8.97. The zero-order chi connectivity index (χ0) is 14.0. The number of nitrogen functional groups attached to an aromatic ring is 1. The average Bonchev–Trinajstić information content (AvgIpc) is 2.36. The van der Waals surface area contributed by atoms with Gasteiger partial charge in [-0.05, 0) is 37.3 Å². The normalized spacial score (nSPS) is 10.2. The Bertz CT molecular complexity index is 644. The maximum atomic E-state index is 11.0. The lowest BCUT2D eigenvalue weighted by molar-refractivity contribution is 0.0697. The number of aryl methyl sites for hydroxylation is 1. The SMILES string of the molecule is Cc1nc(Nc2ccc(Cl)c(C(=O)O)c2)ccc1N. The number of nitrogens with one attached hydrogen (secondary N) is 1. The second-order valence-electron chi connectivity index (χ2n) is 4.00. The molecule has 5 nitrogen and oxygen atoms in total. The van der Waals surface area contributed by atoms with Gasteiger partial charge in [-0.1, -0.05) is 11.6 Å². The van der Waals surface area contributed by atoms with E-state index in [1.165, 1.54) is 12.1 Å². The van der Waals surface area contributed by atoms with Gasteiger partial charge >= 0.3 is 5.97 Å². The first kappa shape index (κ1) is 13.2. The molecule has 1 heterocycles. The fraction of sp³-hybridized carbons (Fsp3) is 0.0769. The molecule has 2 aromatic rings. The molecule has 0 spiro atoms. The van der Waals surface area contributed by atoms with Crippen LogP contribution in [0, 0.1) is 6.92 Å². The minimum absolute atomic E-state index is 0.0406. The van der Waals surface area contributed by atoms with Gasteiger partial charge in [0.25, 0.3) is 0 Å². The van der Waals surface area contributed by atoms with E-state index in [0.717, 1.165) is 0 Å². The number of hydrogen-bond acceptors (Lipinski definition) is 4. The van der Waals surface area contributed by atoms with E-state index in [2.05, 4.69) is 10.3 Å². The number of nitrogens with zero attached hydrogens (tertiary/aromatic N) is 1. The van der Waals surface area contributed by atoms with Crippen molar-refractivity contribution >= 4 is 34.8 Å². The highest BCUT2D eigenvalue weighted by atomic mass is 35.5. The molecule has 0 bridgehead atoms.